The van der Waals surface area contributed by atoms with Crippen LogP contribution in [0, 0.1) is 11.8 Å². The minimum atomic E-state index is -0.161. The highest BCUT2D eigenvalue weighted by Crippen LogP contribution is 2.41. The zero-order valence-corrected chi connectivity index (χ0v) is 8.92. The molecule has 0 aliphatic heterocycles. The largest absolute Gasteiger partial charge is 0.393 e. The van der Waals surface area contributed by atoms with Gasteiger partial charge in [-0.1, -0.05) is 12.5 Å². The highest BCUT2D eigenvalue weighted by molar-refractivity contribution is 5.98. The Morgan fingerprint density at radius 1 is 1.43 bits per heavy atom. The van der Waals surface area contributed by atoms with Gasteiger partial charge in [0.05, 0.1) is 6.10 Å². The second kappa shape index (κ2) is 3.50. The van der Waals surface area contributed by atoms with Crippen molar-refractivity contribution in [1.82, 2.24) is 0 Å². The summed E-state index contributed by atoms with van der Waals surface area (Å²) in [5, 5.41) is 9.66. The summed E-state index contributed by atoms with van der Waals surface area (Å²) in [5.74, 6) is 1.22. The molecule has 0 spiro atoms. The summed E-state index contributed by atoms with van der Waals surface area (Å²) in [6.45, 7) is 4.10. The molecule has 1 fully saturated rings. The van der Waals surface area contributed by atoms with Crippen LogP contribution in [0.25, 0.3) is 0 Å². The summed E-state index contributed by atoms with van der Waals surface area (Å²) in [6, 6.07) is 0. The minimum absolute atomic E-state index is 0.161. The van der Waals surface area contributed by atoms with Crippen LogP contribution in [-0.4, -0.2) is 17.0 Å². The fourth-order valence-electron chi connectivity index (χ4n) is 2.88. The maximum Gasteiger partial charge on any atom is 0.159 e. The molecule has 0 aromatic rings. The number of fused-ring (bicyclic) bond motifs is 1. The Bertz CT molecular complexity index is 291. The molecule has 2 rings (SSSR count). The zero-order valence-electron chi connectivity index (χ0n) is 8.92. The highest BCUT2D eigenvalue weighted by atomic mass is 16.3. The molecule has 2 nitrogen and oxygen atoms in total. The van der Waals surface area contributed by atoms with Crippen molar-refractivity contribution in [1.29, 1.82) is 0 Å². The Kier molecular flexibility index (Phi) is 2.48. The van der Waals surface area contributed by atoms with E-state index >= 15 is 0 Å². The average molecular weight is 194 g/mol. The first-order valence-electron chi connectivity index (χ1n) is 5.50. The second-order valence-electron chi connectivity index (χ2n) is 4.79. The van der Waals surface area contributed by atoms with Crippen molar-refractivity contribution in [3.63, 3.8) is 0 Å². The van der Waals surface area contributed by atoms with Crippen LogP contribution in [0.3, 0.4) is 0 Å². The molecular weight excluding hydrogens is 176 g/mol. The van der Waals surface area contributed by atoms with Gasteiger partial charge in [0.25, 0.3) is 0 Å². The quantitative estimate of drug-likeness (QED) is 0.641. The van der Waals surface area contributed by atoms with E-state index in [9.17, 15) is 9.90 Å². The summed E-state index contributed by atoms with van der Waals surface area (Å²) in [6.07, 6.45) is 3.14. The number of hydrogen-bond donors (Lipinski definition) is 1. The smallest absolute Gasteiger partial charge is 0.159 e. The lowest BCUT2D eigenvalue weighted by atomic mass is 9.86. The number of aliphatic hydroxyl groups excluding tert-OH is 1. The van der Waals surface area contributed by atoms with Gasteiger partial charge in [-0.2, -0.15) is 0 Å². The van der Waals surface area contributed by atoms with Crippen LogP contribution in [0.4, 0.5) is 0 Å². The molecule has 1 N–H and O–H groups in total. The van der Waals surface area contributed by atoms with Gasteiger partial charge in [0, 0.05) is 6.42 Å². The molecule has 0 aromatic carbocycles. The van der Waals surface area contributed by atoms with Crippen LogP contribution < -0.4 is 0 Å². The van der Waals surface area contributed by atoms with Gasteiger partial charge in [0.2, 0.25) is 0 Å². The highest BCUT2D eigenvalue weighted by Gasteiger charge is 2.35. The van der Waals surface area contributed by atoms with Gasteiger partial charge >= 0.3 is 0 Å². The first-order valence-corrected chi connectivity index (χ1v) is 5.50. The van der Waals surface area contributed by atoms with Crippen molar-refractivity contribution >= 4 is 5.78 Å². The van der Waals surface area contributed by atoms with Gasteiger partial charge in [-0.25, -0.2) is 0 Å². The van der Waals surface area contributed by atoms with Crippen LogP contribution in [0.2, 0.25) is 0 Å². The molecule has 0 aromatic heterocycles. The van der Waals surface area contributed by atoms with Gasteiger partial charge in [0.15, 0.2) is 5.78 Å². The Labute approximate surface area is 85.0 Å². The van der Waals surface area contributed by atoms with E-state index in [2.05, 4.69) is 6.92 Å². The zero-order chi connectivity index (χ0) is 10.3. The van der Waals surface area contributed by atoms with Crippen LogP contribution >= 0.6 is 0 Å². The predicted molar refractivity (Wildman–Crippen MR) is 54.8 cm³/mol. The molecule has 2 aliphatic rings. The lowest BCUT2D eigenvalue weighted by molar-refractivity contribution is -0.115. The Balaban J connectivity index is 2.28. The monoisotopic (exact) mass is 194 g/mol. The van der Waals surface area contributed by atoms with Gasteiger partial charge in [-0.15, -0.1) is 0 Å². The number of allylic oxidation sites excluding steroid dienone is 2. The van der Waals surface area contributed by atoms with Gasteiger partial charge in [-0.3, -0.25) is 4.79 Å². The van der Waals surface area contributed by atoms with Crippen molar-refractivity contribution in [2.75, 3.05) is 0 Å². The molecule has 0 saturated heterocycles. The lowest BCUT2D eigenvalue weighted by Gasteiger charge is -2.18. The van der Waals surface area contributed by atoms with E-state index in [4.69, 9.17) is 0 Å². The molecule has 0 amide bonds. The molecule has 0 bridgehead atoms. The molecule has 3 atom stereocenters. The molecule has 2 heteroatoms. The SMILES string of the molecule is CC1=C2CCC(O)CC(C)C2CC1=O. The number of aliphatic hydroxyl groups is 1. The first-order chi connectivity index (χ1) is 6.59. The van der Waals surface area contributed by atoms with E-state index in [-0.39, 0.29) is 6.10 Å². The molecule has 78 valence electrons. The summed E-state index contributed by atoms with van der Waals surface area (Å²) in [5.41, 5.74) is 2.31. The summed E-state index contributed by atoms with van der Waals surface area (Å²) in [7, 11) is 0. The van der Waals surface area contributed by atoms with Crippen LogP contribution in [-0.2, 0) is 4.79 Å². The van der Waals surface area contributed by atoms with Crippen LogP contribution in [0.15, 0.2) is 11.1 Å². The summed E-state index contributed by atoms with van der Waals surface area (Å²) < 4.78 is 0. The summed E-state index contributed by atoms with van der Waals surface area (Å²) >= 11 is 0. The topological polar surface area (TPSA) is 37.3 Å². The van der Waals surface area contributed by atoms with Crippen molar-refractivity contribution in [3.8, 4) is 0 Å². The molecule has 0 radical (unpaired) electrons. The number of carbonyl (C=O) groups excluding carboxylic acids is 1. The van der Waals surface area contributed by atoms with E-state index in [1.807, 2.05) is 6.92 Å². The number of carbonyl (C=O) groups is 1. The first kappa shape index (κ1) is 9.91. The second-order valence-corrected chi connectivity index (χ2v) is 4.79. The van der Waals surface area contributed by atoms with Crippen molar-refractivity contribution in [3.05, 3.63) is 11.1 Å². The van der Waals surface area contributed by atoms with E-state index in [0.29, 0.717) is 24.0 Å². The third-order valence-electron chi connectivity index (χ3n) is 3.83. The van der Waals surface area contributed by atoms with E-state index in [1.165, 1.54) is 5.57 Å². The standard InChI is InChI=1S/C12H18O2/c1-7-5-9(13)3-4-10-8(2)12(14)6-11(7)10/h7,9,11,13H,3-6H2,1-2H3. The Hall–Kier alpha value is -0.630. The number of ketones is 1. The molecule has 1 saturated carbocycles. The van der Waals surface area contributed by atoms with Crippen molar-refractivity contribution in [2.24, 2.45) is 11.8 Å². The maximum atomic E-state index is 11.6. The molecular formula is C12H18O2. The number of rotatable bonds is 0. The Morgan fingerprint density at radius 2 is 2.14 bits per heavy atom. The molecule has 3 unspecified atom stereocenters. The van der Waals surface area contributed by atoms with Crippen molar-refractivity contribution in [2.45, 2.75) is 45.6 Å². The van der Waals surface area contributed by atoms with E-state index < -0.39 is 0 Å². The number of hydrogen-bond acceptors (Lipinski definition) is 2. The van der Waals surface area contributed by atoms with Gasteiger partial charge < -0.3 is 5.11 Å². The molecule has 2 aliphatic carbocycles. The maximum absolute atomic E-state index is 11.6. The van der Waals surface area contributed by atoms with Gasteiger partial charge in [0.1, 0.15) is 0 Å². The predicted octanol–water partition coefficient (Wildman–Crippen LogP) is 2.07. The molecule has 14 heavy (non-hydrogen) atoms. The normalized spacial score (nSPS) is 38.5. The van der Waals surface area contributed by atoms with Gasteiger partial charge in [-0.05, 0) is 43.6 Å². The third kappa shape index (κ3) is 1.52. The Morgan fingerprint density at radius 3 is 2.86 bits per heavy atom. The summed E-state index contributed by atoms with van der Waals surface area (Å²) in [4.78, 5) is 11.6. The van der Waals surface area contributed by atoms with E-state index in [0.717, 1.165) is 24.8 Å². The lowest BCUT2D eigenvalue weighted by Crippen LogP contribution is -2.14. The molecule has 0 heterocycles. The number of Topliss-reactive ketones (excluding diaryl/α,β-unsaturated/α-hetero) is 1. The third-order valence-corrected chi connectivity index (χ3v) is 3.83. The van der Waals surface area contributed by atoms with Crippen molar-refractivity contribution < 1.29 is 9.90 Å². The van der Waals surface area contributed by atoms with Crippen LogP contribution in [0.1, 0.15) is 39.5 Å². The fourth-order valence-corrected chi connectivity index (χ4v) is 2.88. The van der Waals surface area contributed by atoms with Crippen LogP contribution in [0.5, 0.6) is 0 Å². The average Bonchev–Trinajstić information content (AvgIpc) is 2.32. The minimum Gasteiger partial charge on any atom is -0.393 e. The fraction of sp³-hybridized carbons (Fsp3) is 0.750. The van der Waals surface area contributed by atoms with E-state index in [1.54, 1.807) is 0 Å².